The number of hydrogen-bond donors (Lipinski definition) is 1. The summed E-state index contributed by atoms with van der Waals surface area (Å²) in [5.41, 5.74) is 0. The lowest BCUT2D eigenvalue weighted by molar-refractivity contribution is -0.119. The van der Waals surface area contributed by atoms with Gasteiger partial charge < -0.3 is 24.1 Å². The molecule has 0 bridgehead atoms. The van der Waals surface area contributed by atoms with Crippen molar-refractivity contribution in [2.45, 2.75) is 44.2 Å². The Morgan fingerprint density at radius 1 is 1.39 bits per heavy atom. The molecule has 1 aromatic carbocycles. The Balaban J connectivity index is 1.50. The summed E-state index contributed by atoms with van der Waals surface area (Å²) in [4.78, 5) is 12.1. The number of amides is 1. The van der Waals surface area contributed by atoms with Crippen LogP contribution in [-0.2, 0) is 22.7 Å². The predicted octanol–water partition coefficient (Wildman–Crippen LogP) is 2.27. The van der Waals surface area contributed by atoms with Crippen LogP contribution < -0.4 is 14.8 Å². The van der Waals surface area contributed by atoms with Gasteiger partial charge in [-0.15, -0.1) is 10.2 Å². The molecule has 0 aliphatic carbocycles. The summed E-state index contributed by atoms with van der Waals surface area (Å²) in [5.74, 6) is 2.42. The monoisotopic (exact) mass is 406 g/mol. The van der Waals surface area contributed by atoms with Gasteiger partial charge in [-0.05, 0) is 31.9 Å². The number of carbonyl (C=O) groups is 1. The third-order valence-electron chi connectivity index (χ3n) is 4.40. The van der Waals surface area contributed by atoms with Gasteiger partial charge in [-0.25, -0.2) is 0 Å². The second-order valence-electron chi connectivity index (χ2n) is 6.34. The van der Waals surface area contributed by atoms with Crippen LogP contribution in [0, 0.1) is 0 Å². The fourth-order valence-electron chi connectivity index (χ4n) is 2.90. The van der Waals surface area contributed by atoms with Crippen LogP contribution in [0.25, 0.3) is 0 Å². The molecule has 8 nitrogen and oxygen atoms in total. The molecule has 1 amide bonds. The first-order valence-electron chi connectivity index (χ1n) is 9.39. The SMILES string of the molecule is CCn1c(COc2cccc(OC)c2)nnc1SCC(=O)NCC1CCCO1. The van der Waals surface area contributed by atoms with E-state index in [2.05, 4.69) is 15.5 Å². The molecule has 1 saturated heterocycles. The Kier molecular flexibility index (Phi) is 7.55. The molecule has 1 aromatic heterocycles. The van der Waals surface area contributed by atoms with E-state index in [9.17, 15) is 4.79 Å². The minimum absolute atomic E-state index is 0.0275. The number of methoxy groups -OCH3 is 1. The topological polar surface area (TPSA) is 87.5 Å². The Bertz CT molecular complexity index is 777. The summed E-state index contributed by atoms with van der Waals surface area (Å²) >= 11 is 1.37. The molecule has 1 N–H and O–H groups in total. The molecule has 0 saturated carbocycles. The molecule has 1 atom stereocenters. The van der Waals surface area contributed by atoms with Gasteiger partial charge in [-0.2, -0.15) is 0 Å². The van der Waals surface area contributed by atoms with Crippen LogP contribution in [0.1, 0.15) is 25.6 Å². The van der Waals surface area contributed by atoms with E-state index in [1.165, 1.54) is 11.8 Å². The summed E-state index contributed by atoms with van der Waals surface area (Å²) in [6.07, 6.45) is 2.22. The molecule has 1 aliphatic rings. The van der Waals surface area contributed by atoms with Gasteiger partial charge in [0.25, 0.3) is 0 Å². The minimum atomic E-state index is -0.0275. The molecule has 0 spiro atoms. The number of aromatic nitrogens is 3. The lowest BCUT2D eigenvalue weighted by atomic mass is 10.2. The average Bonchev–Trinajstić information content (AvgIpc) is 3.38. The number of ether oxygens (including phenoxy) is 3. The van der Waals surface area contributed by atoms with Gasteiger partial charge in [-0.3, -0.25) is 4.79 Å². The second kappa shape index (κ2) is 10.3. The van der Waals surface area contributed by atoms with E-state index in [4.69, 9.17) is 14.2 Å². The maximum atomic E-state index is 12.1. The van der Waals surface area contributed by atoms with Gasteiger partial charge >= 0.3 is 0 Å². The first-order valence-corrected chi connectivity index (χ1v) is 10.4. The molecule has 28 heavy (non-hydrogen) atoms. The van der Waals surface area contributed by atoms with E-state index in [0.29, 0.717) is 42.2 Å². The van der Waals surface area contributed by atoms with Gasteiger partial charge in [0, 0.05) is 25.8 Å². The molecule has 0 radical (unpaired) electrons. The molecule has 9 heteroatoms. The molecule has 1 aliphatic heterocycles. The normalized spacial score (nSPS) is 16.1. The molecule has 2 aromatic rings. The van der Waals surface area contributed by atoms with E-state index < -0.39 is 0 Å². The lowest BCUT2D eigenvalue weighted by Gasteiger charge is -2.11. The highest BCUT2D eigenvalue weighted by Crippen LogP contribution is 2.21. The van der Waals surface area contributed by atoms with Crippen molar-refractivity contribution in [2.75, 3.05) is 26.0 Å². The number of rotatable bonds is 10. The third-order valence-corrected chi connectivity index (χ3v) is 5.37. The van der Waals surface area contributed by atoms with E-state index in [1.54, 1.807) is 7.11 Å². The largest absolute Gasteiger partial charge is 0.497 e. The van der Waals surface area contributed by atoms with Crippen molar-refractivity contribution in [2.24, 2.45) is 0 Å². The number of hydrogen-bond acceptors (Lipinski definition) is 7. The molecule has 1 unspecified atom stereocenters. The average molecular weight is 407 g/mol. The van der Waals surface area contributed by atoms with Crippen LogP contribution in [0.3, 0.4) is 0 Å². The van der Waals surface area contributed by atoms with Crippen LogP contribution in [0.4, 0.5) is 0 Å². The van der Waals surface area contributed by atoms with Crippen molar-refractivity contribution < 1.29 is 19.0 Å². The van der Waals surface area contributed by atoms with Crippen molar-refractivity contribution in [1.29, 1.82) is 0 Å². The first kappa shape index (κ1) is 20.5. The summed E-state index contributed by atoms with van der Waals surface area (Å²) < 4.78 is 18.5. The fourth-order valence-corrected chi connectivity index (χ4v) is 3.75. The van der Waals surface area contributed by atoms with E-state index in [-0.39, 0.29) is 12.0 Å². The maximum Gasteiger partial charge on any atom is 0.230 e. The van der Waals surface area contributed by atoms with E-state index in [1.807, 2.05) is 35.8 Å². The minimum Gasteiger partial charge on any atom is -0.497 e. The standard InChI is InChI=1S/C19H26N4O4S/c1-3-23-17(12-27-15-7-4-6-14(10-15)25-2)21-22-19(23)28-13-18(24)20-11-16-8-5-9-26-16/h4,6-7,10,16H,3,5,8-9,11-13H2,1-2H3,(H,20,24). The first-order chi connectivity index (χ1) is 13.7. The van der Waals surface area contributed by atoms with E-state index >= 15 is 0 Å². The van der Waals surface area contributed by atoms with Gasteiger partial charge in [-0.1, -0.05) is 17.8 Å². The summed E-state index contributed by atoms with van der Waals surface area (Å²) in [6, 6.07) is 7.42. The zero-order valence-electron chi connectivity index (χ0n) is 16.2. The smallest absolute Gasteiger partial charge is 0.230 e. The Labute approximate surface area is 168 Å². The maximum absolute atomic E-state index is 12.1. The van der Waals surface area contributed by atoms with Gasteiger partial charge in [0.1, 0.15) is 18.1 Å². The highest BCUT2D eigenvalue weighted by Gasteiger charge is 2.17. The quantitative estimate of drug-likeness (QED) is 0.606. The molecular weight excluding hydrogens is 380 g/mol. The zero-order valence-corrected chi connectivity index (χ0v) is 17.0. The number of nitrogens with one attached hydrogen (secondary N) is 1. The lowest BCUT2D eigenvalue weighted by Crippen LogP contribution is -2.32. The Morgan fingerprint density at radius 2 is 2.25 bits per heavy atom. The predicted molar refractivity (Wildman–Crippen MR) is 106 cm³/mol. The van der Waals surface area contributed by atoms with Crippen molar-refractivity contribution in [3.8, 4) is 11.5 Å². The zero-order chi connectivity index (χ0) is 19.8. The molecule has 152 valence electrons. The van der Waals surface area contributed by atoms with Gasteiger partial charge in [0.05, 0.1) is 19.0 Å². The van der Waals surface area contributed by atoms with Gasteiger partial charge in [0.2, 0.25) is 5.91 Å². The molecule has 1 fully saturated rings. The second-order valence-corrected chi connectivity index (χ2v) is 7.28. The number of nitrogens with zero attached hydrogens (tertiary/aromatic N) is 3. The Hall–Kier alpha value is -2.26. The number of carbonyl (C=O) groups excluding carboxylic acids is 1. The summed E-state index contributed by atoms with van der Waals surface area (Å²) in [6.45, 7) is 4.36. The molecular formula is C19H26N4O4S. The fraction of sp³-hybridized carbons (Fsp3) is 0.526. The van der Waals surface area contributed by atoms with Crippen molar-refractivity contribution in [3.05, 3.63) is 30.1 Å². The third kappa shape index (κ3) is 5.62. The van der Waals surface area contributed by atoms with Crippen molar-refractivity contribution >= 4 is 17.7 Å². The van der Waals surface area contributed by atoms with Gasteiger partial charge in [0.15, 0.2) is 11.0 Å². The van der Waals surface area contributed by atoms with Crippen LogP contribution in [0.15, 0.2) is 29.4 Å². The Morgan fingerprint density at radius 3 is 3.00 bits per heavy atom. The summed E-state index contributed by atoms with van der Waals surface area (Å²) in [7, 11) is 1.62. The molecule has 2 heterocycles. The highest BCUT2D eigenvalue weighted by molar-refractivity contribution is 7.99. The van der Waals surface area contributed by atoms with Crippen LogP contribution in [0.5, 0.6) is 11.5 Å². The summed E-state index contributed by atoms with van der Waals surface area (Å²) in [5, 5.41) is 12.1. The van der Waals surface area contributed by atoms with Crippen LogP contribution >= 0.6 is 11.8 Å². The van der Waals surface area contributed by atoms with Crippen LogP contribution in [-0.4, -0.2) is 52.8 Å². The van der Waals surface area contributed by atoms with Crippen LogP contribution in [0.2, 0.25) is 0 Å². The van der Waals surface area contributed by atoms with Crippen molar-refractivity contribution in [1.82, 2.24) is 20.1 Å². The number of benzene rings is 1. The van der Waals surface area contributed by atoms with E-state index in [0.717, 1.165) is 25.2 Å². The highest BCUT2D eigenvalue weighted by atomic mass is 32.2. The number of thioether (sulfide) groups is 1. The molecule has 3 rings (SSSR count). The van der Waals surface area contributed by atoms with Crippen molar-refractivity contribution in [3.63, 3.8) is 0 Å².